The Morgan fingerprint density at radius 1 is 1.75 bits per heavy atom. The third kappa shape index (κ3) is 1.87. The first-order valence-electron chi connectivity index (χ1n) is 3.70. The number of hydrogen-bond acceptors (Lipinski definition) is 4. The van der Waals surface area contributed by atoms with Crippen molar-refractivity contribution < 1.29 is 14.4 Å². The van der Waals surface area contributed by atoms with E-state index in [1.54, 1.807) is 14.1 Å². The maximum Gasteiger partial charge on any atom is 0.415 e. The van der Waals surface area contributed by atoms with Crippen LogP contribution in [0.1, 0.15) is 6.92 Å². The second-order valence-corrected chi connectivity index (χ2v) is 2.89. The second-order valence-electron chi connectivity index (χ2n) is 2.89. The van der Waals surface area contributed by atoms with E-state index >= 15 is 0 Å². The highest BCUT2D eigenvalue weighted by Gasteiger charge is 2.23. The van der Waals surface area contributed by atoms with Gasteiger partial charge in [-0.05, 0) is 0 Å². The smallest absolute Gasteiger partial charge is 0.392 e. The van der Waals surface area contributed by atoms with Crippen LogP contribution in [0.2, 0.25) is 0 Å². The summed E-state index contributed by atoms with van der Waals surface area (Å²) < 4.78 is 4.90. The molecule has 0 aromatic carbocycles. The van der Waals surface area contributed by atoms with Gasteiger partial charge >= 0.3 is 6.09 Å². The molecule has 1 unspecified atom stereocenters. The van der Waals surface area contributed by atoms with E-state index in [-0.39, 0.29) is 5.92 Å². The lowest BCUT2D eigenvalue weighted by Gasteiger charge is -2.10. The third-order valence-electron chi connectivity index (χ3n) is 1.46. The first-order chi connectivity index (χ1) is 5.61. The lowest BCUT2D eigenvalue weighted by atomic mass is 10.2. The van der Waals surface area contributed by atoms with Crippen LogP contribution in [0.15, 0.2) is 5.16 Å². The van der Waals surface area contributed by atoms with Gasteiger partial charge in [-0.1, -0.05) is 12.1 Å². The Labute approximate surface area is 70.9 Å². The normalized spacial score (nSPS) is 21.2. The third-order valence-corrected chi connectivity index (χ3v) is 1.46. The summed E-state index contributed by atoms with van der Waals surface area (Å²) >= 11 is 0. The number of oxime groups is 1. The highest BCUT2D eigenvalue weighted by molar-refractivity contribution is 5.89. The Morgan fingerprint density at radius 2 is 2.42 bits per heavy atom. The molecule has 1 aliphatic heterocycles. The second kappa shape index (κ2) is 3.42. The van der Waals surface area contributed by atoms with Gasteiger partial charge in [0.05, 0.1) is 5.92 Å². The van der Waals surface area contributed by atoms with Crippen LogP contribution in [0.25, 0.3) is 0 Å². The van der Waals surface area contributed by atoms with Crippen LogP contribution >= 0.6 is 0 Å². The average Bonchev–Trinajstić information content (AvgIpc) is 2.36. The molecule has 0 N–H and O–H groups in total. The summed E-state index contributed by atoms with van der Waals surface area (Å²) in [5.74, 6) is 0.419. The van der Waals surface area contributed by atoms with E-state index in [0.29, 0.717) is 12.5 Å². The molecule has 5 nitrogen and oxygen atoms in total. The van der Waals surface area contributed by atoms with Gasteiger partial charge in [0.1, 0.15) is 6.61 Å². The number of hydrogen-bond donors (Lipinski definition) is 0. The highest BCUT2D eigenvalue weighted by atomic mass is 16.7. The number of nitrogens with zero attached hydrogens (tertiary/aromatic N) is 2. The average molecular weight is 172 g/mol. The Morgan fingerprint density at radius 3 is 2.83 bits per heavy atom. The van der Waals surface area contributed by atoms with Crippen LogP contribution < -0.4 is 0 Å². The molecule has 0 spiro atoms. The van der Waals surface area contributed by atoms with Crippen molar-refractivity contribution in [1.82, 2.24) is 4.90 Å². The van der Waals surface area contributed by atoms with Gasteiger partial charge in [-0.2, -0.15) is 0 Å². The van der Waals surface area contributed by atoms with Crippen LogP contribution in [-0.2, 0) is 9.57 Å². The summed E-state index contributed by atoms with van der Waals surface area (Å²) in [6.45, 7) is 2.37. The molecule has 1 heterocycles. The summed E-state index contributed by atoms with van der Waals surface area (Å²) in [6, 6.07) is 0. The predicted molar refractivity (Wildman–Crippen MR) is 42.7 cm³/mol. The molecule has 1 atom stereocenters. The SMILES string of the molecule is CC1CON=C1OC(=O)N(C)C. The van der Waals surface area contributed by atoms with Gasteiger partial charge in [0.2, 0.25) is 5.90 Å². The topological polar surface area (TPSA) is 51.1 Å². The molecule has 12 heavy (non-hydrogen) atoms. The van der Waals surface area contributed by atoms with Crippen LogP contribution in [0, 0.1) is 5.92 Å². The highest BCUT2D eigenvalue weighted by Crippen LogP contribution is 2.10. The first kappa shape index (κ1) is 8.83. The molecule has 1 amide bonds. The Balaban J connectivity index is 2.46. The molecule has 0 radical (unpaired) electrons. The van der Waals surface area contributed by atoms with Crippen LogP contribution in [0.4, 0.5) is 4.79 Å². The molecular weight excluding hydrogens is 160 g/mol. The van der Waals surface area contributed by atoms with Crippen LogP contribution in [0.3, 0.4) is 0 Å². The maximum absolute atomic E-state index is 11.0. The Kier molecular flexibility index (Phi) is 2.52. The van der Waals surface area contributed by atoms with Gasteiger partial charge < -0.3 is 14.5 Å². The molecule has 0 aromatic rings. The van der Waals surface area contributed by atoms with E-state index in [9.17, 15) is 4.79 Å². The minimum Gasteiger partial charge on any atom is -0.392 e. The van der Waals surface area contributed by atoms with Crippen molar-refractivity contribution in [3.8, 4) is 0 Å². The van der Waals surface area contributed by atoms with Crippen molar-refractivity contribution >= 4 is 12.0 Å². The molecule has 0 fully saturated rings. The van der Waals surface area contributed by atoms with E-state index in [1.807, 2.05) is 6.92 Å². The van der Waals surface area contributed by atoms with E-state index in [1.165, 1.54) is 4.90 Å². The summed E-state index contributed by atoms with van der Waals surface area (Å²) in [7, 11) is 3.23. The van der Waals surface area contributed by atoms with E-state index in [4.69, 9.17) is 9.57 Å². The van der Waals surface area contributed by atoms with E-state index < -0.39 is 6.09 Å². The fourth-order valence-corrected chi connectivity index (χ4v) is 0.674. The van der Waals surface area contributed by atoms with Crippen LogP contribution in [0.5, 0.6) is 0 Å². The van der Waals surface area contributed by atoms with Crippen molar-refractivity contribution in [2.75, 3.05) is 20.7 Å². The molecule has 0 saturated heterocycles. The van der Waals surface area contributed by atoms with E-state index in [2.05, 4.69) is 5.16 Å². The zero-order chi connectivity index (χ0) is 9.14. The minimum absolute atomic E-state index is 0.0638. The van der Waals surface area contributed by atoms with E-state index in [0.717, 1.165) is 0 Å². The quantitative estimate of drug-likeness (QED) is 0.539. The molecule has 0 aromatic heterocycles. The summed E-state index contributed by atoms with van der Waals surface area (Å²) in [5.41, 5.74) is 0. The first-order valence-corrected chi connectivity index (χ1v) is 3.70. The maximum atomic E-state index is 11.0. The molecule has 0 bridgehead atoms. The minimum atomic E-state index is -0.425. The lowest BCUT2D eigenvalue weighted by Crippen LogP contribution is -2.27. The molecule has 0 saturated carbocycles. The van der Waals surface area contributed by atoms with Gasteiger partial charge in [0.15, 0.2) is 0 Å². The van der Waals surface area contributed by atoms with Crippen molar-refractivity contribution in [3.63, 3.8) is 0 Å². The van der Waals surface area contributed by atoms with Gasteiger partial charge in [-0.25, -0.2) is 4.79 Å². The Hall–Kier alpha value is -1.26. The predicted octanol–water partition coefficient (Wildman–Crippen LogP) is 0.664. The molecule has 5 heteroatoms. The molecular formula is C7H12N2O3. The summed E-state index contributed by atoms with van der Waals surface area (Å²) in [5, 5.41) is 3.59. The number of amides is 1. The van der Waals surface area contributed by atoms with Crippen molar-refractivity contribution in [2.24, 2.45) is 11.1 Å². The molecule has 1 aliphatic rings. The van der Waals surface area contributed by atoms with Gasteiger partial charge in [0.25, 0.3) is 0 Å². The number of carbonyl (C=O) groups is 1. The van der Waals surface area contributed by atoms with Crippen molar-refractivity contribution in [1.29, 1.82) is 0 Å². The molecule has 0 aliphatic carbocycles. The zero-order valence-corrected chi connectivity index (χ0v) is 7.40. The number of rotatable bonds is 0. The van der Waals surface area contributed by atoms with Crippen molar-refractivity contribution in [3.05, 3.63) is 0 Å². The van der Waals surface area contributed by atoms with Gasteiger partial charge in [0, 0.05) is 14.1 Å². The zero-order valence-electron chi connectivity index (χ0n) is 7.40. The van der Waals surface area contributed by atoms with Crippen LogP contribution in [-0.4, -0.2) is 37.6 Å². The number of ether oxygens (including phenoxy) is 1. The summed E-state index contributed by atoms with van der Waals surface area (Å²) in [4.78, 5) is 17.1. The Bertz CT molecular complexity index is 213. The van der Waals surface area contributed by atoms with Gasteiger partial charge in [-0.3, -0.25) is 0 Å². The summed E-state index contributed by atoms with van der Waals surface area (Å²) in [6.07, 6.45) is -0.425. The lowest BCUT2D eigenvalue weighted by molar-refractivity contribution is 0.156. The monoisotopic (exact) mass is 172 g/mol. The fourth-order valence-electron chi connectivity index (χ4n) is 0.674. The van der Waals surface area contributed by atoms with Gasteiger partial charge in [-0.15, -0.1) is 0 Å². The molecule has 1 rings (SSSR count). The largest absolute Gasteiger partial charge is 0.415 e. The fraction of sp³-hybridized carbons (Fsp3) is 0.714. The number of carbonyl (C=O) groups excluding carboxylic acids is 1. The standard InChI is InChI=1S/C7H12N2O3/c1-5-4-11-8-6(5)12-7(10)9(2)3/h5H,4H2,1-3H3. The molecule has 68 valence electrons. The van der Waals surface area contributed by atoms with Crippen molar-refractivity contribution in [2.45, 2.75) is 6.92 Å².